The molecule has 0 aliphatic heterocycles. The van der Waals surface area contributed by atoms with Crippen molar-refractivity contribution in [3.63, 3.8) is 0 Å². The summed E-state index contributed by atoms with van der Waals surface area (Å²) in [5.41, 5.74) is 7.45. The van der Waals surface area contributed by atoms with Gasteiger partial charge in [-0.05, 0) is 6.92 Å². The number of hydrogen-bond acceptors (Lipinski definition) is 6. The summed E-state index contributed by atoms with van der Waals surface area (Å²) < 4.78 is 1.96. The van der Waals surface area contributed by atoms with Crippen LogP contribution in [0.2, 0.25) is 0 Å². The maximum Gasteiger partial charge on any atom is 0.191 e. The minimum absolute atomic E-state index is 0.367. The van der Waals surface area contributed by atoms with Gasteiger partial charge in [0, 0.05) is 24.7 Å². The van der Waals surface area contributed by atoms with Gasteiger partial charge in [-0.15, -0.1) is 16.8 Å². The molecule has 0 aliphatic rings. The fourth-order valence-electron chi connectivity index (χ4n) is 1.52. The summed E-state index contributed by atoms with van der Waals surface area (Å²) in [5.74, 6) is 1.46. The van der Waals surface area contributed by atoms with Gasteiger partial charge in [-0.2, -0.15) is 0 Å². The molecule has 0 unspecified atom stereocenters. The van der Waals surface area contributed by atoms with E-state index >= 15 is 0 Å². The standard InChI is InChI=1S/C12H16N6S/c1-3-4-18-11(5-13)16-17-12(18)19-8-10-7-14-9(2)6-15-10/h3,6-7H,1,4-5,8,13H2,2H3. The van der Waals surface area contributed by atoms with E-state index in [0.29, 0.717) is 18.8 Å². The van der Waals surface area contributed by atoms with Gasteiger partial charge in [0.2, 0.25) is 0 Å². The van der Waals surface area contributed by atoms with Crippen molar-refractivity contribution in [2.75, 3.05) is 0 Å². The van der Waals surface area contributed by atoms with Crippen molar-refractivity contribution in [2.45, 2.75) is 30.9 Å². The topological polar surface area (TPSA) is 82.5 Å². The summed E-state index contributed by atoms with van der Waals surface area (Å²) in [4.78, 5) is 8.53. The van der Waals surface area contributed by atoms with Crippen LogP contribution in [0.15, 0.2) is 30.2 Å². The van der Waals surface area contributed by atoms with Crippen molar-refractivity contribution in [1.29, 1.82) is 0 Å². The molecule has 0 aliphatic carbocycles. The van der Waals surface area contributed by atoms with Crippen LogP contribution in [-0.2, 0) is 18.8 Å². The van der Waals surface area contributed by atoms with E-state index in [0.717, 1.165) is 22.4 Å². The average molecular weight is 276 g/mol. The number of thioether (sulfide) groups is 1. The molecule has 100 valence electrons. The average Bonchev–Trinajstić information content (AvgIpc) is 2.81. The van der Waals surface area contributed by atoms with Crippen LogP contribution in [0.5, 0.6) is 0 Å². The molecular weight excluding hydrogens is 260 g/mol. The van der Waals surface area contributed by atoms with E-state index in [1.54, 1.807) is 30.2 Å². The number of allylic oxidation sites excluding steroid dienone is 1. The Bertz CT molecular complexity index is 548. The van der Waals surface area contributed by atoms with Crippen LogP contribution in [0.1, 0.15) is 17.2 Å². The van der Waals surface area contributed by atoms with E-state index in [9.17, 15) is 0 Å². The van der Waals surface area contributed by atoms with Gasteiger partial charge in [-0.3, -0.25) is 9.97 Å². The Morgan fingerprint density at radius 1 is 1.37 bits per heavy atom. The molecule has 6 nitrogen and oxygen atoms in total. The first-order chi connectivity index (χ1) is 9.24. The fourth-order valence-corrected chi connectivity index (χ4v) is 2.38. The molecule has 0 atom stereocenters. The lowest BCUT2D eigenvalue weighted by molar-refractivity contribution is 0.680. The summed E-state index contributed by atoms with van der Waals surface area (Å²) in [7, 11) is 0. The number of nitrogens with two attached hydrogens (primary N) is 1. The minimum Gasteiger partial charge on any atom is -0.324 e. The molecular formula is C12H16N6S. The molecule has 0 saturated heterocycles. The predicted molar refractivity (Wildman–Crippen MR) is 74.4 cm³/mol. The Balaban J connectivity index is 2.08. The molecule has 0 bridgehead atoms. The quantitative estimate of drug-likeness (QED) is 0.633. The Morgan fingerprint density at radius 3 is 2.84 bits per heavy atom. The van der Waals surface area contributed by atoms with Crippen molar-refractivity contribution in [3.05, 3.63) is 42.3 Å². The lowest BCUT2D eigenvalue weighted by Crippen LogP contribution is -2.08. The lowest BCUT2D eigenvalue weighted by Gasteiger charge is -2.05. The molecule has 2 heterocycles. The highest BCUT2D eigenvalue weighted by atomic mass is 32.2. The molecule has 7 heteroatoms. The van der Waals surface area contributed by atoms with E-state index in [-0.39, 0.29) is 0 Å². The van der Waals surface area contributed by atoms with E-state index < -0.39 is 0 Å². The highest BCUT2D eigenvalue weighted by Gasteiger charge is 2.10. The molecule has 2 rings (SSSR count). The first kappa shape index (κ1) is 13.7. The number of hydrogen-bond donors (Lipinski definition) is 1. The first-order valence-electron chi connectivity index (χ1n) is 5.88. The minimum atomic E-state index is 0.367. The largest absolute Gasteiger partial charge is 0.324 e. The third-order valence-electron chi connectivity index (χ3n) is 2.47. The van der Waals surface area contributed by atoms with Crippen LogP contribution in [0.4, 0.5) is 0 Å². The van der Waals surface area contributed by atoms with Crippen LogP contribution >= 0.6 is 11.8 Å². The monoisotopic (exact) mass is 276 g/mol. The summed E-state index contributed by atoms with van der Waals surface area (Å²) >= 11 is 1.57. The second kappa shape index (κ2) is 6.44. The zero-order valence-electron chi connectivity index (χ0n) is 10.8. The van der Waals surface area contributed by atoms with Gasteiger partial charge in [0.05, 0.1) is 17.9 Å². The summed E-state index contributed by atoms with van der Waals surface area (Å²) in [6.07, 6.45) is 5.34. The van der Waals surface area contributed by atoms with Crippen LogP contribution in [0.25, 0.3) is 0 Å². The number of rotatable bonds is 6. The normalized spacial score (nSPS) is 10.6. The number of aromatic nitrogens is 5. The molecule has 19 heavy (non-hydrogen) atoms. The molecule has 0 aromatic carbocycles. The van der Waals surface area contributed by atoms with Gasteiger partial charge in [-0.1, -0.05) is 17.8 Å². The van der Waals surface area contributed by atoms with Crippen molar-refractivity contribution in [2.24, 2.45) is 5.73 Å². The highest BCUT2D eigenvalue weighted by Crippen LogP contribution is 2.20. The SMILES string of the molecule is C=CCn1c(CN)nnc1SCc1cnc(C)cn1. The van der Waals surface area contributed by atoms with E-state index in [4.69, 9.17) is 5.73 Å². The highest BCUT2D eigenvalue weighted by molar-refractivity contribution is 7.98. The molecule has 0 fully saturated rings. The smallest absolute Gasteiger partial charge is 0.191 e. The van der Waals surface area contributed by atoms with Gasteiger partial charge in [0.25, 0.3) is 0 Å². The maximum absolute atomic E-state index is 5.63. The van der Waals surface area contributed by atoms with Gasteiger partial charge in [0.15, 0.2) is 5.16 Å². The van der Waals surface area contributed by atoms with Crippen LogP contribution in [0.3, 0.4) is 0 Å². The molecule has 0 radical (unpaired) electrons. The molecule has 2 aromatic rings. The zero-order chi connectivity index (χ0) is 13.7. The fraction of sp³-hybridized carbons (Fsp3) is 0.333. The van der Waals surface area contributed by atoms with E-state index in [1.807, 2.05) is 11.5 Å². The second-order valence-corrected chi connectivity index (χ2v) is 4.88. The van der Waals surface area contributed by atoms with E-state index in [2.05, 4.69) is 26.7 Å². The lowest BCUT2D eigenvalue weighted by atomic mass is 10.4. The Kier molecular flexibility index (Phi) is 4.64. The second-order valence-electron chi connectivity index (χ2n) is 3.94. The summed E-state index contributed by atoms with van der Waals surface area (Å²) in [6.45, 7) is 6.67. The Labute approximate surface area is 116 Å². The predicted octanol–water partition coefficient (Wildman–Crippen LogP) is 1.31. The third kappa shape index (κ3) is 3.39. The molecule has 0 amide bonds. The van der Waals surface area contributed by atoms with E-state index in [1.165, 1.54) is 0 Å². The van der Waals surface area contributed by atoms with Gasteiger partial charge >= 0.3 is 0 Å². The number of nitrogens with zero attached hydrogens (tertiary/aromatic N) is 5. The number of aryl methyl sites for hydroxylation is 1. The van der Waals surface area contributed by atoms with Crippen LogP contribution < -0.4 is 5.73 Å². The summed E-state index contributed by atoms with van der Waals surface area (Å²) in [5, 5.41) is 9.02. The molecule has 0 saturated carbocycles. The van der Waals surface area contributed by atoms with Crippen molar-refractivity contribution in [3.8, 4) is 0 Å². The summed E-state index contributed by atoms with van der Waals surface area (Å²) in [6, 6.07) is 0. The Morgan fingerprint density at radius 2 is 2.21 bits per heavy atom. The zero-order valence-corrected chi connectivity index (χ0v) is 11.6. The van der Waals surface area contributed by atoms with Crippen molar-refractivity contribution < 1.29 is 0 Å². The maximum atomic E-state index is 5.63. The van der Waals surface area contributed by atoms with Gasteiger partial charge in [0.1, 0.15) is 5.82 Å². The van der Waals surface area contributed by atoms with Gasteiger partial charge in [-0.25, -0.2) is 0 Å². The van der Waals surface area contributed by atoms with Crippen LogP contribution in [-0.4, -0.2) is 24.7 Å². The molecule has 0 spiro atoms. The molecule has 2 aromatic heterocycles. The Hall–Kier alpha value is -1.73. The van der Waals surface area contributed by atoms with Crippen LogP contribution in [0, 0.1) is 6.92 Å². The first-order valence-corrected chi connectivity index (χ1v) is 6.86. The van der Waals surface area contributed by atoms with Gasteiger partial charge < -0.3 is 10.3 Å². The van der Waals surface area contributed by atoms with Crippen molar-refractivity contribution >= 4 is 11.8 Å². The third-order valence-corrected chi connectivity index (χ3v) is 3.47. The van der Waals surface area contributed by atoms with Crippen molar-refractivity contribution in [1.82, 2.24) is 24.7 Å². The molecule has 2 N–H and O–H groups in total.